The van der Waals surface area contributed by atoms with Crippen molar-refractivity contribution in [3.8, 4) is 0 Å². The molecule has 1 atom stereocenters. The first-order valence-corrected chi connectivity index (χ1v) is 12.3. The van der Waals surface area contributed by atoms with Gasteiger partial charge in [-0.1, -0.05) is 23.9 Å². The summed E-state index contributed by atoms with van der Waals surface area (Å²) < 4.78 is 20.2. The van der Waals surface area contributed by atoms with E-state index in [9.17, 15) is 18.8 Å². The average molecular weight is 484 g/mol. The van der Waals surface area contributed by atoms with Crippen molar-refractivity contribution in [1.82, 2.24) is 14.9 Å². The normalized spacial score (nSPS) is 15.5. The van der Waals surface area contributed by atoms with E-state index in [1.165, 1.54) is 28.8 Å². The fraction of sp³-hybridized carbons (Fsp3) is 0.360. The lowest BCUT2D eigenvalue weighted by atomic mass is 10.1. The summed E-state index contributed by atoms with van der Waals surface area (Å²) in [6.45, 7) is 1.54. The van der Waals surface area contributed by atoms with Crippen LogP contribution in [-0.4, -0.2) is 46.2 Å². The summed E-state index contributed by atoms with van der Waals surface area (Å²) >= 11 is 1.16. The van der Waals surface area contributed by atoms with Gasteiger partial charge in [-0.05, 0) is 55.7 Å². The molecule has 7 nitrogen and oxygen atoms in total. The molecule has 1 aromatic heterocycles. The van der Waals surface area contributed by atoms with E-state index in [2.05, 4.69) is 10.3 Å². The van der Waals surface area contributed by atoms with Crippen LogP contribution in [0.2, 0.25) is 0 Å². The zero-order valence-electron chi connectivity index (χ0n) is 18.7. The van der Waals surface area contributed by atoms with Crippen LogP contribution in [0.25, 0.3) is 10.9 Å². The number of hydrogen-bond acceptors (Lipinski definition) is 6. The van der Waals surface area contributed by atoms with Gasteiger partial charge in [0.1, 0.15) is 5.82 Å². The number of aromatic nitrogens is 2. The van der Waals surface area contributed by atoms with Crippen LogP contribution in [0.3, 0.4) is 0 Å². The van der Waals surface area contributed by atoms with Gasteiger partial charge >= 0.3 is 0 Å². The second kappa shape index (κ2) is 11.4. The zero-order valence-corrected chi connectivity index (χ0v) is 19.5. The molecule has 178 valence electrons. The second-order valence-electron chi connectivity index (χ2n) is 8.13. The maximum absolute atomic E-state index is 13.1. The minimum Gasteiger partial charge on any atom is -0.376 e. The number of halogens is 1. The van der Waals surface area contributed by atoms with Gasteiger partial charge in [0, 0.05) is 31.7 Å². The summed E-state index contributed by atoms with van der Waals surface area (Å²) in [6.07, 6.45) is 2.78. The van der Waals surface area contributed by atoms with Gasteiger partial charge in [-0.3, -0.25) is 19.0 Å². The number of para-hydroxylation sites is 1. The van der Waals surface area contributed by atoms with Crippen molar-refractivity contribution >= 4 is 34.4 Å². The van der Waals surface area contributed by atoms with E-state index in [0.29, 0.717) is 41.1 Å². The summed E-state index contributed by atoms with van der Waals surface area (Å²) in [6, 6.07) is 12.4. The summed E-state index contributed by atoms with van der Waals surface area (Å²) in [4.78, 5) is 42.5. The molecular weight excluding hydrogens is 457 g/mol. The minimum absolute atomic E-state index is 0.0539. The Morgan fingerprint density at radius 1 is 1.18 bits per heavy atom. The Balaban J connectivity index is 1.43. The number of carbonyl (C=O) groups is 2. The van der Waals surface area contributed by atoms with E-state index in [-0.39, 0.29) is 35.5 Å². The lowest BCUT2D eigenvalue weighted by Crippen LogP contribution is -2.32. The number of benzene rings is 2. The fourth-order valence-corrected chi connectivity index (χ4v) is 4.74. The molecule has 2 aromatic carbocycles. The standard InChI is InChI=1S/C25H26FN3O4S/c26-18-11-9-17(10-12-18)22(30)16-34-25-28-21-7-2-1-6-20(21)24(32)29(25)13-3-8-23(31)27-15-19-5-4-14-33-19/h1-2,6-7,9-12,19H,3-5,8,13-16H2,(H,27,31). The van der Waals surface area contributed by atoms with Gasteiger partial charge in [-0.15, -0.1) is 0 Å². The molecule has 1 aliphatic rings. The molecule has 0 aliphatic carbocycles. The fourth-order valence-electron chi connectivity index (χ4n) is 3.82. The third kappa shape index (κ3) is 6.09. The summed E-state index contributed by atoms with van der Waals surface area (Å²) in [5, 5.41) is 3.79. The molecule has 1 aliphatic heterocycles. The highest BCUT2D eigenvalue weighted by molar-refractivity contribution is 7.99. The van der Waals surface area contributed by atoms with Crippen molar-refractivity contribution in [1.29, 1.82) is 0 Å². The van der Waals surface area contributed by atoms with E-state index in [0.717, 1.165) is 31.2 Å². The predicted octanol–water partition coefficient (Wildman–Crippen LogP) is 3.59. The van der Waals surface area contributed by atoms with Gasteiger partial charge in [-0.25, -0.2) is 9.37 Å². The Hall–Kier alpha value is -3.04. The molecule has 9 heteroatoms. The third-order valence-electron chi connectivity index (χ3n) is 5.66. The number of nitrogens with zero attached hydrogens (tertiary/aromatic N) is 2. The molecule has 3 aromatic rings. The molecule has 0 bridgehead atoms. The van der Waals surface area contributed by atoms with Crippen LogP contribution >= 0.6 is 11.8 Å². The van der Waals surface area contributed by atoms with Crippen molar-refractivity contribution in [2.75, 3.05) is 18.9 Å². The zero-order chi connectivity index (χ0) is 23.9. The Morgan fingerprint density at radius 2 is 1.97 bits per heavy atom. The van der Waals surface area contributed by atoms with Crippen molar-refractivity contribution in [2.45, 2.75) is 43.5 Å². The second-order valence-corrected chi connectivity index (χ2v) is 9.07. The first kappa shape index (κ1) is 24.1. The molecule has 1 unspecified atom stereocenters. The number of thioether (sulfide) groups is 1. The van der Waals surface area contributed by atoms with Gasteiger partial charge < -0.3 is 10.1 Å². The SMILES string of the molecule is O=C(CCCn1c(SCC(=O)c2ccc(F)cc2)nc2ccccc2c1=O)NCC1CCCO1. The first-order chi connectivity index (χ1) is 16.5. The maximum atomic E-state index is 13.1. The Labute approximate surface area is 200 Å². The van der Waals surface area contributed by atoms with Crippen molar-refractivity contribution < 1.29 is 18.7 Å². The van der Waals surface area contributed by atoms with E-state index in [1.807, 2.05) is 0 Å². The van der Waals surface area contributed by atoms with Crippen molar-refractivity contribution in [3.63, 3.8) is 0 Å². The molecule has 1 N–H and O–H groups in total. The summed E-state index contributed by atoms with van der Waals surface area (Å²) in [7, 11) is 0. The lowest BCUT2D eigenvalue weighted by molar-refractivity contribution is -0.121. The monoisotopic (exact) mass is 483 g/mol. The van der Waals surface area contributed by atoms with Crippen LogP contribution in [0, 0.1) is 5.82 Å². The molecule has 4 rings (SSSR count). The number of rotatable bonds is 10. The number of carbonyl (C=O) groups excluding carboxylic acids is 2. The number of nitrogens with one attached hydrogen (secondary N) is 1. The van der Waals surface area contributed by atoms with Crippen LogP contribution in [-0.2, 0) is 16.1 Å². The highest BCUT2D eigenvalue weighted by Gasteiger charge is 2.17. The molecule has 1 fully saturated rings. The number of Topliss-reactive ketones (excluding diaryl/α,β-unsaturated/α-hetero) is 1. The van der Waals surface area contributed by atoms with E-state index < -0.39 is 5.82 Å². The quantitative estimate of drug-likeness (QED) is 0.269. The molecular formula is C25H26FN3O4S. The molecule has 2 heterocycles. The number of ketones is 1. The largest absolute Gasteiger partial charge is 0.376 e. The molecule has 0 spiro atoms. The van der Waals surface area contributed by atoms with E-state index >= 15 is 0 Å². The van der Waals surface area contributed by atoms with E-state index in [1.54, 1.807) is 24.3 Å². The number of amides is 1. The third-order valence-corrected chi connectivity index (χ3v) is 6.64. The number of ether oxygens (including phenoxy) is 1. The van der Waals surface area contributed by atoms with Crippen LogP contribution in [0.4, 0.5) is 4.39 Å². The molecule has 1 saturated heterocycles. The maximum Gasteiger partial charge on any atom is 0.262 e. The Morgan fingerprint density at radius 3 is 2.74 bits per heavy atom. The highest BCUT2D eigenvalue weighted by atomic mass is 32.2. The van der Waals surface area contributed by atoms with Crippen LogP contribution in [0.1, 0.15) is 36.0 Å². The lowest BCUT2D eigenvalue weighted by Gasteiger charge is -2.14. The molecule has 0 saturated carbocycles. The molecule has 0 radical (unpaired) electrons. The van der Waals surface area contributed by atoms with Crippen molar-refractivity contribution in [3.05, 3.63) is 70.3 Å². The van der Waals surface area contributed by atoms with Gasteiger partial charge in [0.2, 0.25) is 5.91 Å². The summed E-state index contributed by atoms with van der Waals surface area (Å²) in [5.74, 6) is -0.627. The van der Waals surface area contributed by atoms with Gasteiger partial charge in [-0.2, -0.15) is 0 Å². The molecule has 34 heavy (non-hydrogen) atoms. The highest BCUT2D eigenvalue weighted by Crippen LogP contribution is 2.20. The van der Waals surface area contributed by atoms with Gasteiger partial charge in [0.25, 0.3) is 5.56 Å². The minimum atomic E-state index is -0.408. The topological polar surface area (TPSA) is 90.3 Å². The number of hydrogen-bond donors (Lipinski definition) is 1. The average Bonchev–Trinajstić information content (AvgIpc) is 3.37. The smallest absolute Gasteiger partial charge is 0.262 e. The Kier molecular flexibility index (Phi) is 8.08. The molecule has 1 amide bonds. The number of fused-ring (bicyclic) bond motifs is 1. The van der Waals surface area contributed by atoms with Gasteiger partial charge in [0.05, 0.1) is 22.8 Å². The van der Waals surface area contributed by atoms with Gasteiger partial charge in [0.15, 0.2) is 10.9 Å². The first-order valence-electron chi connectivity index (χ1n) is 11.3. The summed E-state index contributed by atoms with van der Waals surface area (Å²) in [5.41, 5.74) is 0.739. The van der Waals surface area contributed by atoms with Crippen LogP contribution < -0.4 is 10.9 Å². The Bertz CT molecular complexity index is 1220. The van der Waals surface area contributed by atoms with Crippen LogP contribution in [0.15, 0.2) is 58.5 Å². The predicted molar refractivity (Wildman–Crippen MR) is 129 cm³/mol. The van der Waals surface area contributed by atoms with Crippen LogP contribution in [0.5, 0.6) is 0 Å². The van der Waals surface area contributed by atoms with E-state index in [4.69, 9.17) is 4.74 Å². The van der Waals surface area contributed by atoms with Crippen molar-refractivity contribution in [2.24, 2.45) is 0 Å².